The number of fused-ring (bicyclic) bond motifs is 2. The molecule has 0 radical (unpaired) electrons. The van der Waals surface area contributed by atoms with Crippen molar-refractivity contribution in [2.75, 3.05) is 5.32 Å². The monoisotopic (exact) mass is 392 g/mol. The Morgan fingerprint density at radius 2 is 1.72 bits per heavy atom. The Bertz CT molecular complexity index is 1140. The van der Waals surface area contributed by atoms with Gasteiger partial charge in [0, 0.05) is 17.1 Å². The van der Waals surface area contributed by atoms with E-state index in [1.165, 1.54) is 0 Å². The normalized spacial score (nSPS) is 18.5. The molecule has 1 amide bonds. The van der Waals surface area contributed by atoms with Crippen LogP contribution in [0.15, 0.2) is 53.3 Å². The van der Waals surface area contributed by atoms with Crippen molar-refractivity contribution in [1.82, 2.24) is 4.98 Å². The summed E-state index contributed by atoms with van der Waals surface area (Å²) in [6.07, 6.45) is -1.21. The highest BCUT2D eigenvalue weighted by Crippen LogP contribution is 2.34. The number of carbonyl (C=O) groups excluding carboxylic acids is 1. The fourth-order valence-electron chi connectivity index (χ4n) is 3.58. The third-order valence-corrected chi connectivity index (χ3v) is 5.02. The third-order valence-electron chi connectivity index (χ3n) is 5.02. The summed E-state index contributed by atoms with van der Waals surface area (Å²) in [5.74, 6) is 0.867. The molecule has 1 aliphatic heterocycles. The first-order valence-electron chi connectivity index (χ1n) is 9.63. The largest absolute Gasteiger partial charge is 0.482 e. The van der Waals surface area contributed by atoms with Gasteiger partial charge in [0.15, 0.2) is 11.5 Å². The van der Waals surface area contributed by atoms with Crippen molar-refractivity contribution in [2.45, 2.75) is 45.3 Å². The number of nitrogens with one attached hydrogen (secondary N) is 2. The molecule has 0 spiro atoms. The number of hydrogen-bond acceptors (Lipinski definition) is 4. The maximum atomic E-state index is 12.8. The van der Waals surface area contributed by atoms with Crippen molar-refractivity contribution in [3.63, 3.8) is 0 Å². The molecule has 2 heterocycles. The van der Waals surface area contributed by atoms with E-state index in [-0.39, 0.29) is 16.9 Å². The number of hydrogen-bond donors (Lipinski definition) is 2. The van der Waals surface area contributed by atoms with Crippen LogP contribution in [0.3, 0.4) is 0 Å². The highest BCUT2D eigenvalue weighted by atomic mass is 16.6. The van der Waals surface area contributed by atoms with Crippen LogP contribution >= 0.6 is 0 Å². The molecule has 0 bridgehead atoms. The molecule has 1 aliphatic rings. The molecule has 3 aromatic rings. The zero-order chi connectivity index (χ0) is 20.8. The predicted octanol–water partition coefficient (Wildman–Crippen LogP) is 3.99. The Labute approximate surface area is 168 Å². The van der Waals surface area contributed by atoms with Crippen LogP contribution in [0.4, 0.5) is 5.69 Å². The number of H-pyrrole nitrogens is 1. The van der Waals surface area contributed by atoms with Gasteiger partial charge < -0.3 is 19.8 Å². The number of aromatic nitrogens is 1. The number of ether oxygens (including phenoxy) is 2. The molecule has 29 heavy (non-hydrogen) atoms. The number of rotatable bonds is 2. The minimum Gasteiger partial charge on any atom is -0.482 e. The fraction of sp³-hybridized carbons (Fsp3) is 0.304. The lowest BCUT2D eigenvalue weighted by molar-refractivity contribution is -0.128. The first-order valence-corrected chi connectivity index (χ1v) is 9.63. The molecule has 4 rings (SSSR count). The molecule has 6 heteroatoms. The van der Waals surface area contributed by atoms with Crippen LogP contribution in [0.5, 0.6) is 11.5 Å². The van der Waals surface area contributed by atoms with Gasteiger partial charge in [0.2, 0.25) is 11.7 Å². The van der Waals surface area contributed by atoms with E-state index in [1.54, 1.807) is 25.1 Å². The molecule has 0 fully saturated rings. The van der Waals surface area contributed by atoms with E-state index in [0.717, 1.165) is 10.9 Å². The van der Waals surface area contributed by atoms with Crippen LogP contribution < -0.4 is 20.3 Å². The summed E-state index contributed by atoms with van der Waals surface area (Å²) >= 11 is 0. The molecule has 0 saturated carbocycles. The lowest BCUT2D eigenvalue weighted by Gasteiger charge is -2.31. The highest BCUT2D eigenvalue weighted by Gasteiger charge is 2.34. The molecule has 2 unspecified atom stereocenters. The Hall–Kier alpha value is -3.28. The summed E-state index contributed by atoms with van der Waals surface area (Å²) < 4.78 is 11.7. The van der Waals surface area contributed by atoms with Crippen molar-refractivity contribution in [1.29, 1.82) is 0 Å². The quantitative estimate of drug-likeness (QED) is 0.691. The first-order chi connectivity index (χ1) is 13.7. The molecular formula is C23H24N2O4. The third kappa shape index (κ3) is 3.70. The Morgan fingerprint density at radius 1 is 1.03 bits per heavy atom. The van der Waals surface area contributed by atoms with Gasteiger partial charge in [0.25, 0.3) is 5.91 Å². The van der Waals surface area contributed by atoms with Gasteiger partial charge in [-0.3, -0.25) is 9.59 Å². The number of benzene rings is 2. The zero-order valence-corrected chi connectivity index (χ0v) is 16.9. The standard InChI is InChI=1S/C23H24N2O4/c1-13-21(29-19-8-6-5-7-18(19)28-13)22(27)24-14-9-10-15-16(23(2,3)4)12-20(26)25-17(15)11-14/h5-13,21H,1-4H3,(H,24,27)(H,25,26). The lowest BCUT2D eigenvalue weighted by atomic mass is 9.85. The van der Waals surface area contributed by atoms with Gasteiger partial charge >= 0.3 is 0 Å². The number of anilines is 1. The molecule has 6 nitrogen and oxygen atoms in total. The molecule has 2 atom stereocenters. The summed E-state index contributed by atoms with van der Waals surface area (Å²) in [4.78, 5) is 27.8. The van der Waals surface area contributed by atoms with E-state index in [0.29, 0.717) is 22.7 Å². The average molecular weight is 392 g/mol. The Kier molecular flexibility index (Phi) is 4.57. The van der Waals surface area contributed by atoms with Crippen molar-refractivity contribution in [3.8, 4) is 11.5 Å². The van der Waals surface area contributed by atoms with Crippen molar-refractivity contribution in [3.05, 3.63) is 64.4 Å². The van der Waals surface area contributed by atoms with Crippen LogP contribution in [0, 0.1) is 0 Å². The van der Waals surface area contributed by atoms with E-state index in [2.05, 4.69) is 31.1 Å². The summed E-state index contributed by atoms with van der Waals surface area (Å²) in [7, 11) is 0. The van der Waals surface area contributed by atoms with Crippen LogP contribution in [0.2, 0.25) is 0 Å². The molecule has 2 aromatic carbocycles. The SMILES string of the molecule is CC1Oc2ccccc2OC1C(=O)Nc1ccc2c(C(C)(C)C)cc(=O)[nH]c2c1. The van der Waals surface area contributed by atoms with Gasteiger partial charge in [0.1, 0.15) is 6.10 Å². The number of carbonyl (C=O) groups is 1. The summed E-state index contributed by atoms with van der Waals surface area (Å²) in [6.45, 7) is 8.00. The second kappa shape index (κ2) is 6.95. The van der Waals surface area contributed by atoms with E-state index < -0.39 is 12.2 Å². The Morgan fingerprint density at radius 3 is 2.41 bits per heavy atom. The molecule has 150 valence electrons. The lowest BCUT2D eigenvalue weighted by Crippen LogP contribution is -2.46. The fourth-order valence-corrected chi connectivity index (χ4v) is 3.58. The summed E-state index contributed by atoms with van der Waals surface area (Å²) in [6, 6.07) is 14.4. The van der Waals surface area contributed by atoms with E-state index >= 15 is 0 Å². The van der Waals surface area contributed by atoms with E-state index in [1.807, 2.05) is 30.3 Å². The molecular weight excluding hydrogens is 368 g/mol. The van der Waals surface area contributed by atoms with Gasteiger partial charge in [-0.25, -0.2) is 0 Å². The molecule has 0 aliphatic carbocycles. The van der Waals surface area contributed by atoms with Crippen molar-refractivity contribution >= 4 is 22.5 Å². The van der Waals surface area contributed by atoms with E-state index in [4.69, 9.17) is 9.47 Å². The Balaban J connectivity index is 1.61. The van der Waals surface area contributed by atoms with Gasteiger partial charge in [-0.05, 0) is 42.2 Å². The predicted molar refractivity (Wildman–Crippen MR) is 113 cm³/mol. The smallest absolute Gasteiger partial charge is 0.269 e. The number of aromatic amines is 1. The maximum Gasteiger partial charge on any atom is 0.269 e. The molecule has 1 aromatic heterocycles. The van der Waals surface area contributed by atoms with Crippen LogP contribution in [-0.2, 0) is 10.2 Å². The van der Waals surface area contributed by atoms with Crippen molar-refractivity contribution < 1.29 is 14.3 Å². The highest BCUT2D eigenvalue weighted by molar-refractivity contribution is 5.97. The second-order valence-electron chi connectivity index (χ2n) is 8.36. The van der Waals surface area contributed by atoms with Crippen LogP contribution in [-0.4, -0.2) is 23.1 Å². The maximum absolute atomic E-state index is 12.8. The summed E-state index contributed by atoms with van der Waals surface area (Å²) in [5.41, 5.74) is 1.88. The molecule has 0 saturated heterocycles. The average Bonchev–Trinajstić information content (AvgIpc) is 2.65. The number of para-hydroxylation sites is 2. The minimum absolute atomic E-state index is 0.167. The zero-order valence-electron chi connectivity index (χ0n) is 16.9. The second-order valence-corrected chi connectivity index (χ2v) is 8.36. The van der Waals surface area contributed by atoms with Crippen molar-refractivity contribution in [2.24, 2.45) is 0 Å². The molecule has 2 N–H and O–H groups in total. The van der Waals surface area contributed by atoms with Gasteiger partial charge in [0.05, 0.1) is 5.52 Å². The topological polar surface area (TPSA) is 80.4 Å². The van der Waals surface area contributed by atoms with Crippen LogP contribution in [0.1, 0.15) is 33.3 Å². The van der Waals surface area contributed by atoms with Gasteiger partial charge in [-0.1, -0.05) is 39.0 Å². The summed E-state index contributed by atoms with van der Waals surface area (Å²) in [5, 5.41) is 3.83. The van der Waals surface area contributed by atoms with Gasteiger partial charge in [-0.2, -0.15) is 0 Å². The van der Waals surface area contributed by atoms with Crippen LogP contribution in [0.25, 0.3) is 10.9 Å². The minimum atomic E-state index is -0.777. The van der Waals surface area contributed by atoms with E-state index in [9.17, 15) is 9.59 Å². The number of amides is 1. The van der Waals surface area contributed by atoms with Gasteiger partial charge in [-0.15, -0.1) is 0 Å². The number of pyridine rings is 1. The first kappa shape index (κ1) is 19.1.